The predicted octanol–water partition coefficient (Wildman–Crippen LogP) is 15.7. The molecule has 0 saturated heterocycles. The molecular formula is C58H51NO. The van der Waals surface area contributed by atoms with Gasteiger partial charge in [0, 0.05) is 22.5 Å². The minimum atomic E-state index is -0.584. The fourth-order valence-electron chi connectivity index (χ4n) is 10.3. The van der Waals surface area contributed by atoms with Crippen LogP contribution in [-0.2, 0) is 10.8 Å². The van der Waals surface area contributed by atoms with Crippen molar-refractivity contribution in [1.29, 1.82) is 0 Å². The number of anilines is 3. The van der Waals surface area contributed by atoms with Crippen LogP contribution < -0.4 is 9.64 Å². The van der Waals surface area contributed by atoms with E-state index >= 15 is 0 Å². The SMILES string of the molecule is CCC(C)c1ccc(Oc2ccc(C3(c4cc(C)cc(C)c4)c4ccccc4-c4ccc(N(c5ccccc5)c5ccc6c(c5)C(C)(C)c5ccccc5-6)cc43)cc2)cc1. The van der Waals surface area contributed by atoms with Gasteiger partial charge in [-0.1, -0.05) is 160 Å². The lowest BCUT2D eigenvalue weighted by molar-refractivity contribution is 0.481. The van der Waals surface area contributed by atoms with Gasteiger partial charge in [-0.3, -0.25) is 0 Å². The van der Waals surface area contributed by atoms with Crippen molar-refractivity contribution in [1.82, 2.24) is 0 Å². The Kier molecular flexibility index (Phi) is 9.14. The summed E-state index contributed by atoms with van der Waals surface area (Å²) in [7, 11) is 0. The third-order valence-electron chi connectivity index (χ3n) is 13.4. The fraction of sp³-hybridized carbons (Fsp3) is 0.172. The van der Waals surface area contributed by atoms with Crippen LogP contribution in [0.2, 0.25) is 0 Å². The third-order valence-corrected chi connectivity index (χ3v) is 13.4. The molecule has 8 aromatic carbocycles. The highest BCUT2D eigenvalue weighted by atomic mass is 16.5. The molecule has 60 heavy (non-hydrogen) atoms. The van der Waals surface area contributed by atoms with E-state index in [1.807, 2.05) is 0 Å². The standard InChI is InChI=1S/C58H51NO/c1-7-40(4)41-21-27-47(28-22-41)60-48-29-23-42(24-30-48)58(43-34-38(2)33-39(3)35-43)54-20-14-12-18-50(54)52-32-26-46(37-56(52)58)59(44-15-9-8-10-16-44)45-25-31-51-49-17-11-13-19-53(49)57(5,6)55(51)36-45/h8-37,40H,7H2,1-6H3. The topological polar surface area (TPSA) is 12.5 Å². The van der Waals surface area contributed by atoms with Crippen LogP contribution >= 0.6 is 0 Å². The van der Waals surface area contributed by atoms with Gasteiger partial charge in [0.1, 0.15) is 11.5 Å². The molecule has 2 aliphatic carbocycles. The van der Waals surface area contributed by atoms with Gasteiger partial charge < -0.3 is 9.64 Å². The van der Waals surface area contributed by atoms with Crippen LogP contribution in [0.25, 0.3) is 22.3 Å². The minimum absolute atomic E-state index is 0.116. The fourth-order valence-corrected chi connectivity index (χ4v) is 10.3. The minimum Gasteiger partial charge on any atom is -0.457 e. The monoisotopic (exact) mass is 777 g/mol. The van der Waals surface area contributed by atoms with Gasteiger partial charge in [-0.25, -0.2) is 0 Å². The van der Waals surface area contributed by atoms with Gasteiger partial charge in [-0.05, 0) is 148 Å². The average Bonchev–Trinajstić information content (AvgIpc) is 3.69. The Labute approximate surface area is 355 Å². The number of hydrogen-bond acceptors (Lipinski definition) is 2. The van der Waals surface area contributed by atoms with Gasteiger partial charge in [0.25, 0.3) is 0 Å². The zero-order valence-electron chi connectivity index (χ0n) is 35.5. The Bertz CT molecular complexity index is 2870. The van der Waals surface area contributed by atoms with Crippen LogP contribution in [0.1, 0.15) is 90.1 Å². The molecule has 2 heteroatoms. The second-order valence-electron chi connectivity index (χ2n) is 17.5. The first-order valence-corrected chi connectivity index (χ1v) is 21.5. The van der Waals surface area contributed by atoms with Gasteiger partial charge in [0.15, 0.2) is 0 Å². The Morgan fingerprint density at radius 2 is 0.983 bits per heavy atom. The summed E-state index contributed by atoms with van der Waals surface area (Å²) >= 11 is 0. The molecule has 0 saturated carbocycles. The van der Waals surface area contributed by atoms with Crippen LogP contribution in [0.5, 0.6) is 11.5 Å². The summed E-state index contributed by atoms with van der Waals surface area (Å²) in [5.41, 5.74) is 19.5. The van der Waals surface area contributed by atoms with Gasteiger partial charge in [0.05, 0.1) is 5.41 Å². The van der Waals surface area contributed by atoms with Crippen molar-refractivity contribution >= 4 is 17.1 Å². The number of benzene rings is 8. The van der Waals surface area contributed by atoms with Crippen molar-refractivity contribution in [2.75, 3.05) is 4.90 Å². The van der Waals surface area contributed by atoms with Gasteiger partial charge in [0.2, 0.25) is 0 Å². The number of hydrogen-bond donors (Lipinski definition) is 0. The highest BCUT2D eigenvalue weighted by Crippen LogP contribution is 2.58. The summed E-state index contributed by atoms with van der Waals surface area (Å²) in [4.78, 5) is 2.44. The predicted molar refractivity (Wildman–Crippen MR) is 251 cm³/mol. The maximum Gasteiger partial charge on any atom is 0.127 e. The smallest absolute Gasteiger partial charge is 0.127 e. The Morgan fingerprint density at radius 1 is 0.467 bits per heavy atom. The summed E-state index contributed by atoms with van der Waals surface area (Å²) in [6, 6.07) is 67.5. The zero-order chi connectivity index (χ0) is 41.2. The molecule has 294 valence electrons. The van der Waals surface area contributed by atoms with Crippen molar-refractivity contribution in [3.63, 3.8) is 0 Å². The highest BCUT2D eigenvalue weighted by molar-refractivity contribution is 5.91. The van der Waals surface area contributed by atoms with E-state index in [0.29, 0.717) is 5.92 Å². The van der Waals surface area contributed by atoms with E-state index in [9.17, 15) is 0 Å². The second-order valence-corrected chi connectivity index (χ2v) is 17.5. The van der Waals surface area contributed by atoms with E-state index in [0.717, 1.165) is 35.0 Å². The van der Waals surface area contributed by atoms with Crippen molar-refractivity contribution in [3.8, 4) is 33.8 Å². The lowest BCUT2D eigenvalue weighted by atomic mass is 9.67. The molecule has 2 atom stereocenters. The van der Waals surface area contributed by atoms with Gasteiger partial charge >= 0.3 is 0 Å². The van der Waals surface area contributed by atoms with E-state index in [1.54, 1.807) is 0 Å². The Morgan fingerprint density at radius 3 is 1.62 bits per heavy atom. The largest absolute Gasteiger partial charge is 0.457 e. The summed E-state index contributed by atoms with van der Waals surface area (Å²) in [5, 5.41) is 0. The number of para-hydroxylation sites is 1. The highest BCUT2D eigenvalue weighted by Gasteiger charge is 2.47. The van der Waals surface area contributed by atoms with Crippen molar-refractivity contribution in [2.45, 2.75) is 64.7 Å². The molecule has 0 radical (unpaired) electrons. The first-order valence-electron chi connectivity index (χ1n) is 21.5. The lowest BCUT2D eigenvalue weighted by Gasteiger charge is -2.35. The lowest BCUT2D eigenvalue weighted by Crippen LogP contribution is -2.29. The number of fused-ring (bicyclic) bond motifs is 6. The third kappa shape index (κ3) is 6.00. The first kappa shape index (κ1) is 37.6. The van der Waals surface area contributed by atoms with E-state index in [1.165, 1.54) is 72.3 Å². The van der Waals surface area contributed by atoms with Crippen LogP contribution in [0.4, 0.5) is 17.1 Å². The maximum atomic E-state index is 6.49. The summed E-state index contributed by atoms with van der Waals surface area (Å²) in [6.07, 6.45) is 1.11. The van der Waals surface area contributed by atoms with Crippen LogP contribution in [0.3, 0.4) is 0 Å². The molecule has 0 aliphatic heterocycles. The molecule has 0 N–H and O–H groups in total. The Hall–Kier alpha value is -6.64. The molecule has 0 amide bonds. The van der Waals surface area contributed by atoms with Crippen LogP contribution in [0.15, 0.2) is 182 Å². The molecule has 0 heterocycles. The number of ether oxygens (including phenoxy) is 1. The number of rotatable bonds is 9. The molecule has 0 fully saturated rings. The van der Waals surface area contributed by atoms with E-state index < -0.39 is 5.41 Å². The van der Waals surface area contributed by atoms with E-state index in [-0.39, 0.29) is 5.41 Å². The summed E-state index contributed by atoms with van der Waals surface area (Å²) in [6.45, 7) is 13.7. The molecule has 2 unspecified atom stereocenters. The van der Waals surface area contributed by atoms with Crippen LogP contribution in [0, 0.1) is 13.8 Å². The molecule has 0 spiro atoms. The quantitative estimate of drug-likeness (QED) is 0.145. The molecule has 0 bridgehead atoms. The van der Waals surface area contributed by atoms with Gasteiger partial charge in [-0.15, -0.1) is 0 Å². The van der Waals surface area contributed by atoms with Gasteiger partial charge in [-0.2, -0.15) is 0 Å². The molecule has 2 aliphatic rings. The van der Waals surface area contributed by atoms with Crippen molar-refractivity contribution < 1.29 is 4.74 Å². The molecule has 0 aromatic heterocycles. The number of aryl methyl sites for hydroxylation is 2. The van der Waals surface area contributed by atoms with E-state index in [2.05, 4.69) is 228 Å². The molecule has 2 nitrogen and oxygen atoms in total. The maximum absolute atomic E-state index is 6.49. The number of nitrogens with zero attached hydrogens (tertiary/aromatic N) is 1. The zero-order valence-corrected chi connectivity index (χ0v) is 35.5. The average molecular weight is 778 g/mol. The van der Waals surface area contributed by atoms with E-state index in [4.69, 9.17) is 4.74 Å². The molecule has 10 rings (SSSR count). The van der Waals surface area contributed by atoms with Crippen LogP contribution in [-0.4, -0.2) is 0 Å². The first-order chi connectivity index (χ1) is 29.2. The van der Waals surface area contributed by atoms with Crippen molar-refractivity contribution in [3.05, 3.63) is 232 Å². The Balaban J connectivity index is 1.15. The van der Waals surface area contributed by atoms with Crippen molar-refractivity contribution in [2.24, 2.45) is 0 Å². The summed E-state index contributed by atoms with van der Waals surface area (Å²) in [5.74, 6) is 2.19. The molecule has 8 aromatic rings. The normalized spacial score (nSPS) is 16.0. The second kappa shape index (κ2) is 14.6. The molecular weight excluding hydrogens is 727 g/mol. The summed E-state index contributed by atoms with van der Waals surface area (Å²) < 4.78 is 6.49.